The third-order valence-corrected chi connectivity index (χ3v) is 6.33. The minimum atomic E-state index is -1.03. The summed E-state index contributed by atoms with van der Waals surface area (Å²) >= 11 is 0. The maximum Gasteiger partial charge on any atom is 0.252 e. The topological polar surface area (TPSA) is 78.4 Å². The summed E-state index contributed by atoms with van der Waals surface area (Å²) in [6.45, 7) is 7.21. The van der Waals surface area contributed by atoms with Crippen LogP contribution in [-0.4, -0.2) is 63.3 Å². The molecular formula is C28H33N5O2. The monoisotopic (exact) mass is 471 g/mol. The van der Waals surface area contributed by atoms with Gasteiger partial charge < -0.3 is 10.2 Å². The van der Waals surface area contributed by atoms with Gasteiger partial charge in [0.1, 0.15) is 5.54 Å². The average Bonchev–Trinajstić information content (AvgIpc) is 3.07. The molecule has 1 atom stereocenters. The quantitative estimate of drug-likeness (QED) is 0.573. The number of amides is 2. The Balaban J connectivity index is 1.49. The molecule has 1 N–H and O–H groups in total. The van der Waals surface area contributed by atoms with Gasteiger partial charge in [0.05, 0.1) is 5.69 Å². The summed E-state index contributed by atoms with van der Waals surface area (Å²) in [5, 5.41) is 2.94. The zero-order chi connectivity index (χ0) is 24.7. The zero-order valence-electron chi connectivity index (χ0n) is 20.4. The van der Waals surface area contributed by atoms with E-state index in [4.69, 9.17) is 0 Å². The van der Waals surface area contributed by atoms with Gasteiger partial charge in [-0.3, -0.25) is 24.5 Å². The Morgan fingerprint density at radius 3 is 2.37 bits per heavy atom. The molecule has 0 saturated carbocycles. The number of aromatic nitrogens is 2. The van der Waals surface area contributed by atoms with Gasteiger partial charge in [-0.25, -0.2) is 0 Å². The molecule has 182 valence electrons. The van der Waals surface area contributed by atoms with Gasteiger partial charge in [0.25, 0.3) is 5.91 Å². The fourth-order valence-electron chi connectivity index (χ4n) is 4.60. The van der Waals surface area contributed by atoms with Crippen LogP contribution in [-0.2, 0) is 17.8 Å². The van der Waals surface area contributed by atoms with Crippen LogP contribution in [0.15, 0.2) is 79.3 Å². The van der Waals surface area contributed by atoms with E-state index in [0.29, 0.717) is 18.7 Å². The van der Waals surface area contributed by atoms with Crippen LogP contribution >= 0.6 is 0 Å². The van der Waals surface area contributed by atoms with E-state index < -0.39 is 5.54 Å². The Bertz CT molecular complexity index is 1110. The molecule has 3 aromatic rings. The fourth-order valence-corrected chi connectivity index (χ4v) is 4.60. The van der Waals surface area contributed by atoms with E-state index in [0.717, 1.165) is 31.7 Å². The molecule has 4 rings (SSSR count). The number of rotatable bonds is 7. The summed E-state index contributed by atoms with van der Waals surface area (Å²) in [6.07, 6.45) is 5.91. The van der Waals surface area contributed by atoms with Crippen LogP contribution in [0.5, 0.6) is 0 Å². The van der Waals surface area contributed by atoms with E-state index in [-0.39, 0.29) is 17.7 Å². The maximum atomic E-state index is 13.7. The molecule has 35 heavy (non-hydrogen) atoms. The highest BCUT2D eigenvalue weighted by Crippen LogP contribution is 2.19. The lowest BCUT2D eigenvalue weighted by Gasteiger charge is -2.33. The van der Waals surface area contributed by atoms with E-state index in [1.807, 2.05) is 29.2 Å². The van der Waals surface area contributed by atoms with E-state index in [1.54, 1.807) is 44.6 Å². The smallest absolute Gasteiger partial charge is 0.252 e. The van der Waals surface area contributed by atoms with Crippen molar-refractivity contribution in [2.45, 2.75) is 32.4 Å². The van der Waals surface area contributed by atoms with Crippen molar-refractivity contribution in [3.05, 3.63) is 96.1 Å². The Labute approximate surface area is 207 Å². The van der Waals surface area contributed by atoms with Gasteiger partial charge in [0.2, 0.25) is 5.91 Å². The molecule has 1 aromatic heterocycles. The number of carbonyl (C=O) groups is 2. The van der Waals surface area contributed by atoms with Gasteiger partial charge in [-0.1, -0.05) is 48.5 Å². The highest BCUT2D eigenvalue weighted by molar-refractivity contribution is 5.98. The van der Waals surface area contributed by atoms with Gasteiger partial charge in [0, 0.05) is 56.9 Å². The lowest BCUT2D eigenvalue weighted by Crippen LogP contribution is -2.57. The molecule has 1 aliphatic rings. The summed E-state index contributed by atoms with van der Waals surface area (Å²) in [5.74, 6) is -0.129. The van der Waals surface area contributed by atoms with Gasteiger partial charge >= 0.3 is 0 Å². The van der Waals surface area contributed by atoms with Crippen molar-refractivity contribution in [2.75, 3.05) is 26.2 Å². The van der Waals surface area contributed by atoms with Crippen molar-refractivity contribution in [1.82, 2.24) is 25.1 Å². The molecule has 0 bridgehead atoms. The van der Waals surface area contributed by atoms with Crippen LogP contribution in [0, 0.1) is 5.92 Å². The van der Waals surface area contributed by atoms with Crippen LogP contribution in [0.2, 0.25) is 0 Å². The summed E-state index contributed by atoms with van der Waals surface area (Å²) in [7, 11) is 0. The lowest BCUT2D eigenvalue weighted by molar-refractivity contribution is -0.137. The number of carbonyl (C=O) groups excluding carboxylic acids is 2. The van der Waals surface area contributed by atoms with Crippen LogP contribution in [0.3, 0.4) is 0 Å². The minimum absolute atomic E-state index is 0.0764. The van der Waals surface area contributed by atoms with Gasteiger partial charge in [-0.15, -0.1) is 0 Å². The highest BCUT2D eigenvalue weighted by atomic mass is 16.2. The summed E-state index contributed by atoms with van der Waals surface area (Å²) in [5.41, 5.74) is 1.68. The predicted molar refractivity (Wildman–Crippen MR) is 136 cm³/mol. The largest absolute Gasteiger partial charge is 0.339 e. The zero-order valence-corrected chi connectivity index (χ0v) is 20.4. The van der Waals surface area contributed by atoms with E-state index in [9.17, 15) is 9.59 Å². The number of hydrogen-bond donors (Lipinski definition) is 1. The molecule has 7 nitrogen and oxygen atoms in total. The molecule has 1 fully saturated rings. The predicted octanol–water partition coefficient (Wildman–Crippen LogP) is 3.19. The second-order valence-electron chi connectivity index (χ2n) is 9.68. The lowest BCUT2D eigenvalue weighted by atomic mass is 9.99. The third-order valence-electron chi connectivity index (χ3n) is 6.33. The highest BCUT2D eigenvalue weighted by Gasteiger charge is 2.36. The number of nitrogens with zero attached hydrogens (tertiary/aromatic N) is 4. The van der Waals surface area contributed by atoms with E-state index >= 15 is 0 Å². The Morgan fingerprint density at radius 2 is 1.69 bits per heavy atom. The molecular weight excluding hydrogens is 438 g/mol. The molecule has 1 aliphatic heterocycles. The van der Waals surface area contributed by atoms with Gasteiger partial charge in [0.15, 0.2) is 0 Å². The molecule has 1 saturated heterocycles. The van der Waals surface area contributed by atoms with Crippen molar-refractivity contribution in [3.63, 3.8) is 0 Å². The fraction of sp³-hybridized carbons (Fsp3) is 0.357. The number of benzene rings is 2. The van der Waals surface area contributed by atoms with Crippen molar-refractivity contribution < 1.29 is 9.59 Å². The standard InChI is InChI=1S/C28H33N5O2/c1-28(2,31-26(34)24-11-7-4-8-12-24)27(35)33-16-15-32(19-22-9-5-3-6-10-22)20-23(21-33)17-25-18-29-13-14-30-25/h3-14,18,23H,15-17,19-21H2,1-2H3,(H,31,34)/t23-/m0/s1. The minimum Gasteiger partial charge on any atom is -0.339 e. The Morgan fingerprint density at radius 1 is 0.971 bits per heavy atom. The molecule has 0 aliphatic carbocycles. The number of hydrogen-bond acceptors (Lipinski definition) is 5. The molecule has 0 radical (unpaired) electrons. The molecule has 7 heteroatoms. The van der Waals surface area contributed by atoms with Crippen molar-refractivity contribution in [1.29, 1.82) is 0 Å². The Kier molecular flexibility index (Phi) is 7.87. The van der Waals surface area contributed by atoms with Gasteiger partial charge in [-0.05, 0) is 43.9 Å². The first kappa shape index (κ1) is 24.5. The molecule has 0 unspecified atom stereocenters. The first-order valence-electron chi connectivity index (χ1n) is 12.1. The van der Waals surface area contributed by atoms with E-state index in [2.05, 4.69) is 44.5 Å². The van der Waals surface area contributed by atoms with Crippen molar-refractivity contribution in [3.8, 4) is 0 Å². The van der Waals surface area contributed by atoms with Crippen LogP contribution in [0.1, 0.15) is 35.5 Å². The summed E-state index contributed by atoms with van der Waals surface area (Å²) in [4.78, 5) is 39.4. The van der Waals surface area contributed by atoms with Crippen molar-refractivity contribution in [2.24, 2.45) is 5.92 Å². The van der Waals surface area contributed by atoms with E-state index in [1.165, 1.54) is 5.56 Å². The normalized spacial score (nSPS) is 17.0. The number of nitrogens with one attached hydrogen (secondary N) is 1. The molecule has 2 amide bonds. The van der Waals surface area contributed by atoms with Crippen LogP contribution < -0.4 is 5.32 Å². The van der Waals surface area contributed by atoms with Crippen molar-refractivity contribution >= 4 is 11.8 Å². The SMILES string of the molecule is CC(C)(NC(=O)c1ccccc1)C(=O)N1CCN(Cc2ccccc2)C[C@H](Cc2cnccn2)C1. The first-order chi connectivity index (χ1) is 16.9. The summed E-state index contributed by atoms with van der Waals surface area (Å²) < 4.78 is 0. The summed E-state index contributed by atoms with van der Waals surface area (Å²) in [6, 6.07) is 19.4. The third kappa shape index (κ3) is 6.73. The average molecular weight is 472 g/mol. The molecule has 2 heterocycles. The molecule has 0 spiro atoms. The second kappa shape index (κ2) is 11.2. The first-order valence-corrected chi connectivity index (χ1v) is 12.1. The molecule has 2 aromatic carbocycles. The van der Waals surface area contributed by atoms with Gasteiger partial charge in [-0.2, -0.15) is 0 Å². The van der Waals surface area contributed by atoms with Crippen LogP contribution in [0.25, 0.3) is 0 Å². The Hall–Kier alpha value is -3.58. The second-order valence-corrected chi connectivity index (χ2v) is 9.68. The maximum absolute atomic E-state index is 13.7. The van der Waals surface area contributed by atoms with Crippen LogP contribution in [0.4, 0.5) is 0 Å².